The fraction of sp³-hybridized carbons (Fsp3) is 0.267. The number of hydrogen-bond donors (Lipinski definition) is 4. The summed E-state index contributed by atoms with van der Waals surface area (Å²) in [5.41, 5.74) is 8.14. The molecule has 0 saturated heterocycles. The van der Waals surface area contributed by atoms with Crippen LogP contribution in [0.15, 0.2) is 78.9 Å². The number of carbonyl (C=O) groups excluding carboxylic acids is 3. The average Bonchev–Trinajstić information content (AvgIpc) is 2.92. The summed E-state index contributed by atoms with van der Waals surface area (Å²) in [6.45, 7) is 2.45. The molecule has 8 heteroatoms. The number of nitrogens with two attached hydrogens (primary N) is 1. The van der Waals surface area contributed by atoms with Crippen molar-refractivity contribution in [3.8, 4) is 11.5 Å². The van der Waals surface area contributed by atoms with Crippen molar-refractivity contribution >= 4 is 17.7 Å². The highest BCUT2D eigenvalue weighted by Crippen LogP contribution is 2.16. The van der Waals surface area contributed by atoms with Gasteiger partial charge in [-0.1, -0.05) is 61.5 Å². The van der Waals surface area contributed by atoms with E-state index in [4.69, 9.17) is 10.5 Å². The average molecular weight is 517 g/mol. The summed E-state index contributed by atoms with van der Waals surface area (Å²) in [5.74, 6) is -0.865. The molecule has 199 valence electrons. The van der Waals surface area contributed by atoms with Gasteiger partial charge in [0, 0.05) is 18.9 Å². The fourth-order valence-electron chi connectivity index (χ4n) is 3.65. The van der Waals surface area contributed by atoms with Crippen LogP contribution in [0.25, 0.3) is 0 Å². The zero-order valence-electron chi connectivity index (χ0n) is 21.4. The topological polar surface area (TPSA) is 131 Å². The van der Waals surface area contributed by atoms with Gasteiger partial charge in [-0.3, -0.25) is 14.4 Å². The number of aromatic hydroxyl groups is 1. The Morgan fingerprint density at radius 1 is 0.921 bits per heavy atom. The normalized spacial score (nSPS) is 12.2. The first-order valence-electron chi connectivity index (χ1n) is 12.5. The van der Waals surface area contributed by atoms with E-state index < -0.39 is 23.8 Å². The van der Waals surface area contributed by atoms with Gasteiger partial charge in [0.25, 0.3) is 0 Å². The number of ether oxygens (including phenoxy) is 1. The van der Waals surface area contributed by atoms with E-state index in [1.807, 2.05) is 54.6 Å². The van der Waals surface area contributed by atoms with Crippen molar-refractivity contribution in [3.05, 3.63) is 102 Å². The molecule has 1 radical (unpaired) electrons. The van der Waals surface area contributed by atoms with Gasteiger partial charge in [0.05, 0.1) is 6.42 Å². The summed E-state index contributed by atoms with van der Waals surface area (Å²) in [4.78, 5) is 36.8. The highest BCUT2D eigenvalue weighted by molar-refractivity contribution is 5.91. The van der Waals surface area contributed by atoms with E-state index >= 15 is 0 Å². The number of carbonyl (C=O) groups is 3. The molecule has 3 aromatic rings. The minimum absolute atomic E-state index is 0.180. The van der Waals surface area contributed by atoms with Gasteiger partial charge < -0.3 is 26.2 Å². The predicted octanol–water partition coefficient (Wildman–Crippen LogP) is 3.07. The number of nitrogens with one attached hydrogen (secondary N) is 2. The van der Waals surface area contributed by atoms with Crippen LogP contribution in [0, 0.1) is 12.3 Å². The SMILES string of the molecule is CC(C[CH]C(=O)NC(Cc1ccc(OCc2ccccc2)cc1)C(=O)NCCc1ccc(O)cc1)C(N)=O. The van der Waals surface area contributed by atoms with Crippen LogP contribution in [0.4, 0.5) is 0 Å². The van der Waals surface area contributed by atoms with Crippen LogP contribution in [-0.2, 0) is 33.8 Å². The van der Waals surface area contributed by atoms with Gasteiger partial charge in [-0.2, -0.15) is 0 Å². The van der Waals surface area contributed by atoms with E-state index in [1.165, 1.54) is 6.42 Å². The van der Waals surface area contributed by atoms with Crippen molar-refractivity contribution in [1.29, 1.82) is 0 Å². The van der Waals surface area contributed by atoms with Crippen LogP contribution in [0.1, 0.15) is 30.0 Å². The molecule has 0 spiro atoms. The Morgan fingerprint density at radius 2 is 1.58 bits per heavy atom. The molecule has 8 nitrogen and oxygen atoms in total. The lowest BCUT2D eigenvalue weighted by atomic mass is 10.0. The Morgan fingerprint density at radius 3 is 2.24 bits per heavy atom. The summed E-state index contributed by atoms with van der Waals surface area (Å²) in [6, 6.07) is 23.2. The summed E-state index contributed by atoms with van der Waals surface area (Å²) in [6.07, 6.45) is 2.37. The molecule has 0 aliphatic carbocycles. The van der Waals surface area contributed by atoms with Crippen LogP contribution in [-0.4, -0.2) is 35.4 Å². The summed E-state index contributed by atoms with van der Waals surface area (Å²) in [7, 11) is 0. The van der Waals surface area contributed by atoms with Crippen molar-refractivity contribution in [2.45, 2.75) is 38.8 Å². The minimum Gasteiger partial charge on any atom is -0.508 e. The van der Waals surface area contributed by atoms with Gasteiger partial charge in [0.1, 0.15) is 24.1 Å². The number of phenolic OH excluding ortho intramolecular Hbond substituents is 1. The molecule has 3 amide bonds. The lowest BCUT2D eigenvalue weighted by molar-refractivity contribution is -0.127. The van der Waals surface area contributed by atoms with E-state index in [9.17, 15) is 19.5 Å². The van der Waals surface area contributed by atoms with E-state index in [1.54, 1.807) is 31.2 Å². The Kier molecular flexibility index (Phi) is 10.7. The lowest BCUT2D eigenvalue weighted by Gasteiger charge is -2.19. The number of benzene rings is 3. The molecule has 0 aliphatic rings. The summed E-state index contributed by atoms with van der Waals surface area (Å²) < 4.78 is 5.83. The van der Waals surface area contributed by atoms with Crippen LogP contribution >= 0.6 is 0 Å². The van der Waals surface area contributed by atoms with E-state index in [2.05, 4.69) is 10.6 Å². The first-order valence-corrected chi connectivity index (χ1v) is 12.5. The molecule has 2 unspecified atom stereocenters. The predicted molar refractivity (Wildman–Crippen MR) is 145 cm³/mol. The Balaban J connectivity index is 1.59. The van der Waals surface area contributed by atoms with Crippen molar-refractivity contribution in [1.82, 2.24) is 10.6 Å². The van der Waals surface area contributed by atoms with Gasteiger partial charge in [0.2, 0.25) is 17.7 Å². The van der Waals surface area contributed by atoms with Crippen molar-refractivity contribution < 1.29 is 24.2 Å². The highest BCUT2D eigenvalue weighted by atomic mass is 16.5. The smallest absolute Gasteiger partial charge is 0.242 e. The molecule has 0 bridgehead atoms. The van der Waals surface area contributed by atoms with Gasteiger partial charge in [-0.15, -0.1) is 0 Å². The molecule has 2 atom stereocenters. The maximum absolute atomic E-state index is 13.0. The Labute approximate surface area is 223 Å². The highest BCUT2D eigenvalue weighted by Gasteiger charge is 2.22. The van der Waals surface area contributed by atoms with Gasteiger partial charge in [0.15, 0.2) is 0 Å². The molecule has 3 aromatic carbocycles. The first-order chi connectivity index (χ1) is 18.3. The van der Waals surface area contributed by atoms with Crippen molar-refractivity contribution in [2.75, 3.05) is 6.54 Å². The Hall–Kier alpha value is -4.33. The Bertz CT molecular complexity index is 1180. The third-order valence-corrected chi connectivity index (χ3v) is 6.04. The molecule has 0 aliphatic heterocycles. The molecule has 3 rings (SSSR count). The first kappa shape index (κ1) is 28.2. The van der Waals surface area contributed by atoms with Crippen LogP contribution < -0.4 is 21.1 Å². The number of amides is 3. The number of primary amides is 1. The van der Waals surface area contributed by atoms with Gasteiger partial charge >= 0.3 is 0 Å². The maximum atomic E-state index is 13.0. The van der Waals surface area contributed by atoms with Crippen molar-refractivity contribution in [2.24, 2.45) is 11.7 Å². The van der Waals surface area contributed by atoms with E-state index in [0.29, 0.717) is 25.3 Å². The summed E-state index contributed by atoms with van der Waals surface area (Å²) >= 11 is 0. The summed E-state index contributed by atoms with van der Waals surface area (Å²) in [5, 5.41) is 15.1. The standard InChI is InChI=1S/C30H34N3O5/c1-21(29(31)36)7-16-28(35)33-27(30(37)32-18-17-22-8-12-25(34)13-9-22)19-23-10-14-26(15-11-23)38-20-24-5-3-2-4-6-24/h2-6,8-16,21,27,34H,7,17-20H2,1H3,(H2,31,36)(H,32,37)(H,33,35). The zero-order valence-corrected chi connectivity index (χ0v) is 21.4. The number of hydrogen-bond acceptors (Lipinski definition) is 5. The molecule has 5 N–H and O–H groups in total. The van der Waals surface area contributed by atoms with Crippen molar-refractivity contribution in [3.63, 3.8) is 0 Å². The van der Waals surface area contributed by atoms with Crippen LogP contribution in [0.3, 0.4) is 0 Å². The van der Waals surface area contributed by atoms with E-state index in [-0.39, 0.29) is 24.5 Å². The molecule has 38 heavy (non-hydrogen) atoms. The largest absolute Gasteiger partial charge is 0.508 e. The lowest BCUT2D eigenvalue weighted by Crippen LogP contribution is -2.48. The number of phenols is 1. The molecular formula is C30H34N3O5. The molecule has 0 aromatic heterocycles. The molecular weight excluding hydrogens is 482 g/mol. The second kappa shape index (κ2) is 14.4. The fourth-order valence-corrected chi connectivity index (χ4v) is 3.65. The van der Waals surface area contributed by atoms with E-state index in [0.717, 1.165) is 16.7 Å². The van der Waals surface area contributed by atoms with Crippen LogP contribution in [0.5, 0.6) is 11.5 Å². The number of rotatable bonds is 14. The monoisotopic (exact) mass is 516 g/mol. The van der Waals surface area contributed by atoms with Gasteiger partial charge in [-0.05, 0) is 53.8 Å². The molecule has 0 saturated carbocycles. The van der Waals surface area contributed by atoms with Gasteiger partial charge in [-0.25, -0.2) is 0 Å². The maximum Gasteiger partial charge on any atom is 0.242 e. The van der Waals surface area contributed by atoms with Crippen LogP contribution in [0.2, 0.25) is 0 Å². The third kappa shape index (κ3) is 9.61. The second-order valence-electron chi connectivity index (χ2n) is 9.13. The minimum atomic E-state index is -0.821. The molecule has 0 heterocycles. The third-order valence-electron chi connectivity index (χ3n) is 6.04. The molecule has 0 fully saturated rings. The second-order valence-corrected chi connectivity index (χ2v) is 9.13. The zero-order chi connectivity index (χ0) is 27.3. The quantitative estimate of drug-likeness (QED) is 0.262.